The number of amides is 2. The number of benzene rings is 1. The Labute approximate surface area is 145 Å². The van der Waals surface area contributed by atoms with E-state index in [0.29, 0.717) is 22.9 Å². The van der Waals surface area contributed by atoms with Crippen molar-refractivity contribution in [3.63, 3.8) is 0 Å². The molecule has 0 spiro atoms. The molecule has 0 aliphatic carbocycles. The fourth-order valence-corrected chi connectivity index (χ4v) is 2.13. The molecule has 0 saturated heterocycles. The summed E-state index contributed by atoms with van der Waals surface area (Å²) in [7, 11) is 0. The first-order valence-corrected chi connectivity index (χ1v) is 7.90. The number of carbonyl (C=O) groups excluding carboxylic acids is 1. The third-order valence-electron chi connectivity index (χ3n) is 3.37. The second kappa shape index (κ2) is 7.96. The summed E-state index contributed by atoms with van der Waals surface area (Å²) in [5, 5.41) is 9.36. The molecule has 2 aromatic heterocycles. The average Bonchev–Trinajstić information content (AvgIpc) is 3.09. The van der Waals surface area contributed by atoms with Crippen LogP contribution in [0.2, 0.25) is 0 Å². The van der Waals surface area contributed by atoms with Gasteiger partial charge in [0.2, 0.25) is 0 Å². The van der Waals surface area contributed by atoms with Gasteiger partial charge in [0.15, 0.2) is 5.76 Å². The summed E-state index contributed by atoms with van der Waals surface area (Å²) < 4.78 is 10.8. The summed E-state index contributed by atoms with van der Waals surface area (Å²) in [6, 6.07) is 12.1. The number of nitrogens with one attached hydrogen (secondary N) is 2. The maximum Gasteiger partial charge on any atom is 0.319 e. The van der Waals surface area contributed by atoms with Crippen molar-refractivity contribution in [1.29, 1.82) is 0 Å². The van der Waals surface area contributed by atoms with Crippen molar-refractivity contribution < 1.29 is 14.1 Å². The lowest BCUT2D eigenvalue weighted by Crippen LogP contribution is -2.27. The number of pyridine rings is 1. The molecule has 0 saturated carbocycles. The SMILES string of the molecule is CCc1cc(CNC(=O)Nc2cccc(Oc3ccncc3)c2)on1. The number of urea groups is 1. The molecule has 25 heavy (non-hydrogen) atoms. The van der Waals surface area contributed by atoms with Crippen LogP contribution in [0.3, 0.4) is 0 Å². The van der Waals surface area contributed by atoms with E-state index in [1.807, 2.05) is 19.1 Å². The molecule has 0 unspecified atom stereocenters. The van der Waals surface area contributed by atoms with Gasteiger partial charge in [0.25, 0.3) is 0 Å². The quantitative estimate of drug-likeness (QED) is 0.714. The first kappa shape index (κ1) is 16.5. The maximum absolute atomic E-state index is 12.0. The predicted molar refractivity (Wildman–Crippen MR) is 92.5 cm³/mol. The van der Waals surface area contributed by atoms with Gasteiger partial charge in [-0.05, 0) is 30.7 Å². The zero-order chi connectivity index (χ0) is 17.5. The number of ether oxygens (including phenoxy) is 1. The summed E-state index contributed by atoms with van der Waals surface area (Å²) in [5.41, 5.74) is 1.48. The van der Waals surface area contributed by atoms with Gasteiger partial charge in [-0.1, -0.05) is 18.1 Å². The highest BCUT2D eigenvalue weighted by molar-refractivity contribution is 5.89. The molecule has 0 fully saturated rings. The summed E-state index contributed by atoms with van der Waals surface area (Å²) in [4.78, 5) is 15.9. The van der Waals surface area contributed by atoms with Crippen LogP contribution in [0.15, 0.2) is 59.4 Å². The Kier molecular flexibility index (Phi) is 5.26. The molecule has 2 N–H and O–H groups in total. The summed E-state index contributed by atoms with van der Waals surface area (Å²) in [6.07, 6.45) is 4.09. The highest BCUT2D eigenvalue weighted by Crippen LogP contribution is 2.23. The fraction of sp³-hybridized carbons (Fsp3) is 0.167. The Morgan fingerprint density at radius 3 is 2.76 bits per heavy atom. The van der Waals surface area contributed by atoms with Gasteiger partial charge < -0.3 is 19.9 Å². The molecule has 128 valence electrons. The Balaban J connectivity index is 1.55. The van der Waals surface area contributed by atoms with Gasteiger partial charge in [-0.3, -0.25) is 4.98 Å². The maximum atomic E-state index is 12.0. The standard InChI is InChI=1S/C18H18N4O3/c1-2-13-10-17(25-22-13)12-20-18(23)21-14-4-3-5-16(11-14)24-15-6-8-19-9-7-15/h3-11H,2,12H2,1H3,(H2,20,21,23). The molecule has 0 aliphatic rings. The van der Waals surface area contributed by atoms with Gasteiger partial charge in [-0.15, -0.1) is 0 Å². The number of carbonyl (C=O) groups is 1. The Bertz CT molecular complexity index is 833. The van der Waals surface area contributed by atoms with E-state index in [1.165, 1.54) is 0 Å². The molecule has 0 atom stereocenters. The lowest BCUT2D eigenvalue weighted by atomic mass is 10.3. The minimum Gasteiger partial charge on any atom is -0.457 e. The molecule has 2 amide bonds. The molecule has 1 aromatic carbocycles. The minimum atomic E-state index is -0.337. The molecule has 0 aliphatic heterocycles. The van der Waals surface area contributed by atoms with Crippen molar-refractivity contribution in [2.45, 2.75) is 19.9 Å². The predicted octanol–water partition coefficient (Wildman–Crippen LogP) is 3.75. The number of nitrogens with zero attached hydrogens (tertiary/aromatic N) is 2. The zero-order valence-corrected chi connectivity index (χ0v) is 13.7. The molecule has 0 radical (unpaired) electrons. The number of hydrogen-bond donors (Lipinski definition) is 2. The lowest BCUT2D eigenvalue weighted by molar-refractivity contribution is 0.250. The third-order valence-corrected chi connectivity index (χ3v) is 3.37. The molecule has 7 heteroatoms. The summed E-state index contributed by atoms with van der Waals surface area (Å²) in [6.45, 7) is 2.26. The van der Waals surface area contributed by atoms with Gasteiger partial charge in [-0.2, -0.15) is 0 Å². The van der Waals surface area contributed by atoms with Crippen LogP contribution < -0.4 is 15.4 Å². The van der Waals surface area contributed by atoms with E-state index in [4.69, 9.17) is 9.26 Å². The monoisotopic (exact) mass is 338 g/mol. The normalized spacial score (nSPS) is 10.3. The van der Waals surface area contributed by atoms with Crippen molar-refractivity contribution in [2.75, 3.05) is 5.32 Å². The second-order valence-electron chi connectivity index (χ2n) is 5.26. The van der Waals surface area contributed by atoms with Gasteiger partial charge in [0, 0.05) is 30.2 Å². The van der Waals surface area contributed by atoms with E-state index in [-0.39, 0.29) is 12.6 Å². The van der Waals surface area contributed by atoms with Crippen molar-refractivity contribution in [3.05, 3.63) is 66.3 Å². The molecular weight excluding hydrogens is 320 g/mol. The van der Waals surface area contributed by atoms with E-state index < -0.39 is 0 Å². The van der Waals surface area contributed by atoms with Crippen molar-refractivity contribution in [3.8, 4) is 11.5 Å². The van der Waals surface area contributed by atoms with Gasteiger partial charge in [0.05, 0.1) is 12.2 Å². The number of anilines is 1. The van der Waals surface area contributed by atoms with E-state index >= 15 is 0 Å². The first-order valence-electron chi connectivity index (χ1n) is 7.90. The molecule has 3 rings (SSSR count). The second-order valence-corrected chi connectivity index (χ2v) is 5.26. The highest BCUT2D eigenvalue weighted by Gasteiger charge is 2.07. The number of aromatic nitrogens is 2. The van der Waals surface area contributed by atoms with Gasteiger partial charge >= 0.3 is 6.03 Å². The molecule has 3 aromatic rings. The van der Waals surface area contributed by atoms with Crippen LogP contribution in [-0.2, 0) is 13.0 Å². The molecule has 2 heterocycles. The highest BCUT2D eigenvalue weighted by atomic mass is 16.5. The zero-order valence-electron chi connectivity index (χ0n) is 13.7. The van der Waals surface area contributed by atoms with Crippen molar-refractivity contribution >= 4 is 11.7 Å². The smallest absolute Gasteiger partial charge is 0.319 e. The van der Waals surface area contributed by atoms with Gasteiger partial charge in [-0.25, -0.2) is 4.79 Å². The van der Waals surface area contributed by atoms with E-state index in [1.54, 1.807) is 42.7 Å². The topological polar surface area (TPSA) is 89.3 Å². The van der Waals surface area contributed by atoms with Crippen LogP contribution in [-0.4, -0.2) is 16.2 Å². The lowest BCUT2D eigenvalue weighted by Gasteiger charge is -2.09. The van der Waals surface area contributed by atoms with Crippen LogP contribution in [0.1, 0.15) is 18.4 Å². The molecular formula is C18H18N4O3. The van der Waals surface area contributed by atoms with Crippen LogP contribution in [0, 0.1) is 0 Å². The van der Waals surface area contributed by atoms with E-state index in [0.717, 1.165) is 12.1 Å². The number of hydrogen-bond acceptors (Lipinski definition) is 5. The Hall–Kier alpha value is -3.35. The minimum absolute atomic E-state index is 0.270. The van der Waals surface area contributed by atoms with Crippen LogP contribution in [0.4, 0.5) is 10.5 Å². The third kappa shape index (κ3) is 4.81. The fourth-order valence-electron chi connectivity index (χ4n) is 2.13. The van der Waals surface area contributed by atoms with Crippen LogP contribution in [0.25, 0.3) is 0 Å². The van der Waals surface area contributed by atoms with Crippen LogP contribution >= 0.6 is 0 Å². The van der Waals surface area contributed by atoms with Crippen molar-refractivity contribution in [2.24, 2.45) is 0 Å². The molecule has 7 nitrogen and oxygen atoms in total. The van der Waals surface area contributed by atoms with Crippen LogP contribution in [0.5, 0.6) is 11.5 Å². The summed E-state index contributed by atoms with van der Waals surface area (Å²) in [5.74, 6) is 1.90. The largest absolute Gasteiger partial charge is 0.457 e. The number of rotatable bonds is 6. The average molecular weight is 338 g/mol. The Morgan fingerprint density at radius 1 is 1.16 bits per heavy atom. The van der Waals surface area contributed by atoms with E-state index in [9.17, 15) is 4.79 Å². The molecule has 0 bridgehead atoms. The van der Waals surface area contributed by atoms with E-state index in [2.05, 4.69) is 20.8 Å². The van der Waals surface area contributed by atoms with Crippen molar-refractivity contribution in [1.82, 2.24) is 15.5 Å². The first-order chi connectivity index (χ1) is 12.2. The van der Waals surface area contributed by atoms with Gasteiger partial charge in [0.1, 0.15) is 11.5 Å². The number of aryl methyl sites for hydroxylation is 1. The Morgan fingerprint density at radius 2 is 2.00 bits per heavy atom. The summed E-state index contributed by atoms with van der Waals surface area (Å²) >= 11 is 0.